The second-order valence-electron chi connectivity index (χ2n) is 9.24. The van der Waals surface area contributed by atoms with Gasteiger partial charge in [-0.3, -0.25) is 29.6 Å². The van der Waals surface area contributed by atoms with Crippen LogP contribution in [0.25, 0.3) is 11.3 Å². The van der Waals surface area contributed by atoms with E-state index in [0.717, 1.165) is 48.0 Å². The molecule has 1 fully saturated rings. The van der Waals surface area contributed by atoms with Crippen molar-refractivity contribution in [2.75, 3.05) is 38.6 Å². The lowest BCUT2D eigenvalue weighted by Crippen LogP contribution is -2.54. The van der Waals surface area contributed by atoms with Crippen LogP contribution in [0.4, 0.5) is 5.69 Å². The Balaban J connectivity index is 1.57. The molecule has 3 amide bonds. The Kier molecular flexibility index (Phi) is 7.31. The third-order valence-corrected chi connectivity index (χ3v) is 6.92. The van der Waals surface area contributed by atoms with E-state index in [-0.39, 0.29) is 18.2 Å². The van der Waals surface area contributed by atoms with Crippen molar-refractivity contribution in [2.45, 2.75) is 38.6 Å². The highest BCUT2D eigenvalue weighted by molar-refractivity contribution is 6.27. The number of nitrogens with one attached hydrogen (secondary N) is 1. The quantitative estimate of drug-likeness (QED) is 0.421. The minimum Gasteiger partial charge on any atom is -0.375 e. The lowest BCUT2D eigenvalue weighted by Gasteiger charge is -2.30. The van der Waals surface area contributed by atoms with E-state index >= 15 is 0 Å². The Morgan fingerprint density at radius 2 is 2.03 bits per heavy atom. The number of imide groups is 1. The largest absolute Gasteiger partial charge is 0.375 e. The summed E-state index contributed by atoms with van der Waals surface area (Å²) < 4.78 is 0. The number of anilines is 1. The van der Waals surface area contributed by atoms with Crippen LogP contribution in [0.1, 0.15) is 32.6 Å². The standard InChI is InChI=1S/C27H33N5O3/c1-5-7-8-18(6-2)17-30(3)15-16-31(4)21-10-9-19-24-20(13-14-28-25(21)24)32(27(19)35)22-11-12-23(33)29-26(22)34/h5-8,13-14,22H,1,9-12,15-17H2,2-4H3,(H,29,33,34)/b8-7-,18-6+. The zero-order valence-electron chi connectivity index (χ0n) is 20.7. The predicted molar refractivity (Wildman–Crippen MR) is 136 cm³/mol. The number of hydrogen-bond acceptors (Lipinski definition) is 6. The van der Waals surface area contributed by atoms with Gasteiger partial charge in [0.2, 0.25) is 11.8 Å². The number of carbonyl (C=O) groups excluding carboxylic acids is 3. The first-order valence-electron chi connectivity index (χ1n) is 12.1. The molecule has 4 rings (SSSR count). The van der Waals surface area contributed by atoms with Gasteiger partial charge >= 0.3 is 0 Å². The van der Waals surface area contributed by atoms with E-state index < -0.39 is 11.9 Å². The third-order valence-electron chi connectivity index (χ3n) is 6.92. The minimum atomic E-state index is -0.671. The Hall–Kier alpha value is -3.52. The molecule has 0 bridgehead atoms. The second kappa shape index (κ2) is 10.4. The molecule has 0 saturated carbocycles. The van der Waals surface area contributed by atoms with Gasteiger partial charge in [-0.2, -0.15) is 0 Å². The summed E-state index contributed by atoms with van der Waals surface area (Å²) in [4.78, 5) is 48.3. The van der Waals surface area contributed by atoms with Crippen molar-refractivity contribution in [2.24, 2.45) is 0 Å². The van der Waals surface area contributed by atoms with Gasteiger partial charge in [0, 0.05) is 55.8 Å². The second-order valence-corrected chi connectivity index (χ2v) is 9.24. The molecule has 0 aromatic carbocycles. The fourth-order valence-electron chi connectivity index (χ4n) is 5.01. The van der Waals surface area contributed by atoms with E-state index in [1.54, 1.807) is 23.2 Å². The van der Waals surface area contributed by atoms with Crippen LogP contribution in [-0.4, -0.2) is 72.3 Å². The van der Waals surface area contributed by atoms with Gasteiger partial charge in [0.1, 0.15) is 6.04 Å². The van der Waals surface area contributed by atoms with Gasteiger partial charge in [0.05, 0.1) is 11.0 Å². The van der Waals surface area contributed by atoms with Gasteiger partial charge in [0.15, 0.2) is 0 Å². The molecular weight excluding hydrogens is 442 g/mol. The molecule has 3 heterocycles. The molecule has 2 aliphatic heterocycles. The van der Waals surface area contributed by atoms with Crippen LogP contribution in [0.2, 0.25) is 0 Å². The van der Waals surface area contributed by atoms with Crippen LogP contribution in [-0.2, 0) is 14.4 Å². The van der Waals surface area contributed by atoms with E-state index in [4.69, 9.17) is 0 Å². The summed E-state index contributed by atoms with van der Waals surface area (Å²) in [6.45, 7) is 8.30. The Bertz CT molecular complexity index is 1250. The highest BCUT2D eigenvalue weighted by Crippen LogP contribution is 2.30. The predicted octanol–water partition coefficient (Wildman–Crippen LogP) is 0.838. The topological polar surface area (TPSA) is 85.8 Å². The molecular formula is C27H33N5O3. The number of nitrogens with zero attached hydrogens (tertiary/aromatic N) is 4. The molecule has 1 aromatic rings. The van der Waals surface area contributed by atoms with Gasteiger partial charge in [-0.25, -0.2) is 0 Å². The van der Waals surface area contributed by atoms with Crippen molar-refractivity contribution in [3.8, 4) is 0 Å². The zero-order chi connectivity index (χ0) is 25.1. The molecule has 0 radical (unpaired) electrons. The molecule has 184 valence electrons. The van der Waals surface area contributed by atoms with E-state index in [9.17, 15) is 14.4 Å². The summed E-state index contributed by atoms with van der Waals surface area (Å²) in [5.41, 5.74) is 3.77. The van der Waals surface area contributed by atoms with Crippen LogP contribution in [0.3, 0.4) is 0 Å². The molecule has 1 saturated heterocycles. The normalized spacial score (nSPS) is 20.1. The number of likely N-dealkylation sites (N-methyl/N-ethyl adjacent to an activating group) is 2. The fourth-order valence-corrected chi connectivity index (χ4v) is 5.01. The smallest absolute Gasteiger partial charge is 0.255 e. The van der Waals surface area contributed by atoms with Gasteiger partial charge < -0.3 is 9.80 Å². The van der Waals surface area contributed by atoms with Crippen molar-refractivity contribution in [3.05, 3.63) is 59.3 Å². The molecule has 1 atom stereocenters. The number of carbonyl (C=O) groups is 3. The molecule has 8 heteroatoms. The van der Waals surface area contributed by atoms with Gasteiger partial charge in [-0.1, -0.05) is 30.9 Å². The average molecular weight is 476 g/mol. The summed E-state index contributed by atoms with van der Waals surface area (Å²) in [7, 11) is 4.17. The number of hydrogen-bond donors (Lipinski definition) is 1. The lowest BCUT2D eigenvalue weighted by atomic mass is 10.00. The molecule has 0 spiro atoms. The highest BCUT2D eigenvalue weighted by Gasteiger charge is 2.41. The maximum Gasteiger partial charge on any atom is 0.255 e. The van der Waals surface area contributed by atoms with Crippen LogP contribution in [0.5, 0.6) is 0 Å². The Morgan fingerprint density at radius 1 is 1.23 bits per heavy atom. The van der Waals surface area contributed by atoms with Crippen LogP contribution in [0, 0.1) is 0 Å². The first-order valence-corrected chi connectivity index (χ1v) is 12.1. The summed E-state index contributed by atoms with van der Waals surface area (Å²) in [6.07, 6.45) is 11.5. The molecule has 1 aliphatic carbocycles. The zero-order valence-corrected chi connectivity index (χ0v) is 20.7. The van der Waals surface area contributed by atoms with Crippen molar-refractivity contribution >= 4 is 34.7 Å². The summed E-state index contributed by atoms with van der Waals surface area (Å²) >= 11 is 0. The van der Waals surface area contributed by atoms with E-state index in [2.05, 4.69) is 52.9 Å². The van der Waals surface area contributed by atoms with E-state index in [0.29, 0.717) is 18.4 Å². The van der Waals surface area contributed by atoms with E-state index in [1.807, 2.05) is 13.0 Å². The minimum absolute atomic E-state index is 0.142. The summed E-state index contributed by atoms with van der Waals surface area (Å²) in [5.74, 6) is -0.841. The number of rotatable bonds is 9. The molecule has 35 heavy (non-hydrogen) atoms. The lowest BCUT2D eigenvalue weighted by molar-refractivity contribution is -0.135. The van der Waals surface area contributed by atoms with Crippen molar-refractivity contribution in [3.63, 3.8) is 0 Å². The van der Waals surface area contributed by atoms with Gasteiger partial charge in [-0.05, 0) is 44.9 Å². The SMILES string of the molecule is C=C/C=C\C(=C/C)CN(C)CCN(C)C1=c2nccc3c2=C(CC1)C(=O)N3C1CCC(=O)NC1=O. The Morgan fingerprint density at radius 3 is 2.74 bits per heavy atom. The number of amides is 3. The monoisotopic (exact) mass is 475 g/mol. The van der Waals surface area contributed by atoms with E-state index in [1.165, 1.54) is 5.57 Å². The van der Waals surface area contributed by atoms with Crippen LogP contribution >= 0.6 is 0 Å². The van der Waals surface area contributed by atoms with Crippen LogP contribution in [0.15, 0.2) is 48.7 Å². The van der Waals surface area contributed by atoms with Crippen LogP contribution < -0.4 is 20.8 Å². The summed E-state index contributed by atoms with van der Waals surface area (Å²) in [6, 6.07) is 1.13. The maximum absolute atomic E-state index is 13.4. The molecule has 1 aromatic heterocycles. The Labute approximate surface area is 206 Å². The van der Waals surface area contributed by atoms with Crippen molar-refractivity contribution in [1.29, 1.82) is 0 Å². The molecule has 3 aliphatic rings. The van der Waals surface area contributed by atoms with Gasteiger partial charge in [-0.15, -0.1) is 0 Å². The highest BCUT2D eigenvalue weighted by atomic mass is 16.2. The van der Waals surface area contributed by atoms with Crippen molar-refractivity contribution < 1.29 is 14.4 Å². The number of allylic oxidation sites excluding steroid dienone is 3. The maximum atomic E-state index is 13.4. The number of piperidine rings is 1. The molecule has 1 N–H and O–H groups in total. The molecule has 1 unspecified atom stereocenters. The molecule has 8 nitrogen and oxygen atoms in total. The first-order chi connectivity index (χ1) is 16.8. The van der Waals surface area contributed by atoms with Crippen molar-refractivity contribution in [1.82, 2.24) is 20.1 Å². The first kappa shape index (κ1) is 24.6. The third kappa shape index (κ3) is 4.84. The average Bonchev–Trinajstić information content (AvgIpc) is 3.13. The summed E-state index contributed by atoms with van der Waals surface area (Å²) in [5, 5.41) is 4.04. The number of pyridine rings is 1. The van der Waals surface area contributed by atoms with Gasteiger partial charge in [0.25, 0.3) is 5.91 Å². The fraction of sp³-hybridized carbons (Fsp3) is 0.407. The number of aromatic nitrogens is 1.